The number of carboxylic acid groups (broad SMARTS) is 1. The average molecular weight is 241 g/mol. The van der Waals surface area contributed by atoms with Gasteiger partial charge in [-0.3, -0.25) is 0 Å². The first kappa shape index (κ1) is 12.3. The Bertz CT molecular complexity index is 644. The summed E-state index contributed by atoms with van der Waals surface area (Å²) in [5.74, 6) is 1.96. The molecule has 0 bridgehead atoms. The van der Waals surface area contributed by atoms with Crippen molar-refractivity contribution in [3.63, 3.8) is 0 Å². The number of benzene rings is 1. The lowest BCUT2D eigenvalue weighted by atomic mass is 10.0. The summed E-state index contributed by atoms with van der Waals surface area (Å²) in [6.07, 6.45) is 5.29. The van der Waals surface area contributed by atoms with Crippen LogP contribution in [-0.4, -0.2) is 15.6 Å². The lowest BCUT2D eigenvalue weighted by Gasteiger charge is -2.06. The zero-order chi connectivity index (χ0) is 13.3. The quantitative estimate of drug-likeness (QED) is 0.839. The van der Waals surface area contributed by atoms with Gasteiger partial charge in [-0.25, -0.2) is 4.79 Å². The molecule has 0 aliphatic heterocycles. The van der Waals surface area contributed by atoms with Crippen molar-refractivity contribution in [1.29, 1.82) is 0 Å². The molecule has 0 radical (unpaired) electrons. The van der Waals surface area contributed by atoms with E-state index in [0.29, 0.717) is 5.92 Å². The van der Waals surface area contributed by atoms with Gasteiger partial charge in [0.1, 0.15) is 5.69 Å². The van der Waals surface area contributed by atoms with E-state index in [2.05, 4.69) is 19.8 Å². The molecule has 1 aromatic heterocycles. The van der Waals surface area contributed by atoms with Crippen LogP contribution in [0.15, 0.2) is 24.3 Å². The molecule has 0 saturated heterocycles. The summed E-state index contributed by atoms with van der Waals surface area (Å²) in [5, 5.41) is 10.1. The third-order valence-corrected chi connectivity index (χ3v) is 3.06. The molecule has 0 atom stereocenters. The second-order valence-corrected chi connectivity index (χ2v) is 4.60. The number of terminal acetylenes is 1. The van der Waals surface area contributed by atoms with Gasteiger partial charge in [0.15, 0.2) is 0 Å². The number of aromatic nitrogens is 1. The van der Waals surface area contributed by atoms with Crippen LogP contribution >= 0.6 is 0 Å². The number of aromatic carboxylic acids is 1. The molecule has 1 heterocycles. The van der Waals surface area contributed by atoms with Crippen molar-refractivity contribution >= 4 is 16.9 Å². The summed E-state index contributed by atoms with van der Waals surface area (Å²) in [4.78, 5) is 11.2. The maximum absolute atomic E-state index is 11.2. The predicted molar refractivity (Wildman–Crippen MR) is 71.8 cm³/mol. The molecular weight excluding hydrogens is 226 g/mol. The van der Waals surface area contributed by atoms with Crippen molar-refractivity contribution in [1.82, 2.24) is 4.57 Å². The van der Waals surface area contributed by atoms with Gasteiger partial charge in [0.05, 0.1) is 6.54 Å². The topological polar surface area (TPSA) is 42.2 Å². The molecule has 3 nitrogen and oxygen atoms in total. The van der Waals surface area contributed by atoms with Crippen LogP contribution in [0.2, 0.25) is 0 Å². The molecule has 3 heteroatoms. The predicted octanol–water partition coefficient (Wildman–Crippen LogP) is 3.10. The minimum absolute atomic E-state index is 0.240. The van der Waals surface area contributed by atoms with Crippen LogP contribution in [0.4, 0.5) is 0 Å². The van der Waals surface area contributed by atoms with E-state index in [0.717, 1.165) is 10.9 Å². The Kier molecular flexibility index (Phi) is 3.12. The van der Waals surface area contributed by atoms with Gasteiger partial charge in [-0.05, 0) is 29.7 Å². The van der Waals surface area contributed by atoms with E-state index in [1.54, 1.807) is 10.6 Å². The van der Waals surface area contributed by atoms with Crippen molar-refractivity contribution in [2.24, 2.45) is 0 Å². The maximum atomic E-state index is 11.2. The van der Waals surface area contributed by atoms with Crippen LogP contribution in [0.3, 0.4) is 0 Å². The summed E-state index contributed by atoms with van der Waals surface area (Å²) in [7, 11) is 0. The van der Waals surface area contributed by atoms with Crippen LogP contribution in [0.1, 0.15) is 35.8 Å². The number of hydrogen-bond donors (Lipinski definition) is 1. The largest absolute Gasteiger partial charge is 0.477 e. The van der Waals surface area contributed by atoms with Crippen molar-refractivity contribution < 1.29 is 9.90 Å². The summed E-state index contributed by atoms with van der Waals surface area (Å²) in [6, 6.07) is 7.67. The molecule has 2 rings (SSSR count). The fraction of sp³-hybridized carbons (Fsp3) is 0.267. The van der Waals surface area contributed by atoms with Gasteiger partial charge in [0.25, 0.3) is 0 Å². The van der Waals surface area contributed by atoms with Gasteiger partial charge >= 0.3 is 5.97 Å². The van der Waals surface area contributed by atoms with Gasteiger partial charge in [-0.2, -0.15) is 0 Å². The Morgan fingerprint density at radius 3 is 2.72 bits per heavy atom. The van der Waals surface area contributed by atoms with Crippen LogP contribution in [0, 0.1) is 12.3 Å². The monoisotopic (exact) mass is 241 g/mol. The Balaban J connectivity index is 2.69. The Hall–Kier alpha value is -2.21. The molecule has 0 amide bonds. The van der Waals surface area contributed by atoms with Gasteiger partial charge < -0.3 is 9.67 Å². The standard InChI is InChI=1S/C15H15NO2/c1-4-7-16-13-6-5-11(10(2)3)8-12(13)9-14(16)15(17)18/h1,5-6,8-10H,7H2,2-3H3,(H,17,18). The van der Waals surface area contributed by atoms with E-state index in [9.17, 15) is 9.90 Å². The Morgan fingerprint density at radius 2 is 2.17 bits per heavy atom. The number of rotatable bonds is 3. The molecule has 0 unspecified atom stereocenters. The first-order valence-electron chi connectivity index (χ1n) is 5.84. The third kappa shape index (κ3) is 1.98. The van der Waals surface area contributed by atoms with E-state index in [4.69, 9.17) is 6.42 Å². The third-order valence-electron chi connectivity index (χ3n) is 3.06. The van der Waals surface area contributed by atoms with Gasteiger partial charge in [0, 0.05) is 10.9 Å². The van der Waals surface area contributed by atoms with Crippen LogP contribution in [-0.2, 0) is 6.54 Å². The average Bonchev–Trinajstić information content (AvgIpc) is 2.68. The highest BCUT2D eigenvalue weighted by Gasteiger charge is 2.14. The molecule has 2 aromatic rings. The minimum Gasteiger partial charge on any atom is -0.477 e. The smallest absolute Gasteiger partial charge is 0.352 e. The zero-order valence-electron chi connectivity index (χ0n) is 10.5. The molecule has 0 spiro atoms. The molecule has 0 aliphatic rings. The Labute approximate surface area is 106 Å². The number of carboxylic acids is 1. The molecule has 1 N–H and O–H groups in total. The highest BCUT2D eigenvalue weighted by Crippen LogP contribution is 2.24. The number of carbonyl (C=O) groups is 1. The molecular formula is C15H15NO2. The van der Waals surface area contributed by atoms with E-state index in [1.165, 1.54) is 5.56 Å². The van der Waals surface area contributed by atoms with E-state index >= 15 is 0 Å². The summed E-state index contributed by atoms with van der Waals surface area (Å²) in [5.41, 5.74) is 2.30. The van der Waals surface area contributed by atoms with Crippen LogP contribution in [0.25, 0.3) is 10.9 Å². The lowest BCUT2D eigenvalue weighted by Crippen LogP contribution is -2.07. The molecule has 92 valence electrons. The molecule has 18 heavy (non-hydrogen) atoms. The number of fused-ring (bicyclic) bond motifs is 1. The normalized spacial score (nSPS) is 10.8. The molecule has 0 saturated carbocycles. The fourth-order valence-corrected chi connectivity index (χ4v) is 2.09. The number of nitrogens with zero attached hydrogens (tertiary/aromatic N) is 1. The second kappa shape index (κ2) is 4.58. The van der Waals surface area contributed by atoms with Crippen molar-refractivity contribution in [2.45, 2.75) is 26.3 Å². The second-order valence-electron chi connectivity index (χ2n) is 4.60. The van der Waals surface area contributed by atoms with Crippen molar-refractivity contribution in [3.05, 3.63) is 35.5 Å². The maximum Gasteiger partial charge on any atom is 0.352 e. The molecule has 0 fully saturated rings. The molecule has 0 aliphatic carbocycles. The van der Waals surface area contributed by atoms with Gasteiger partial charge in [0.2, 0.25) is 0 Å². The number of hydrogen-bond acceptors (Lipinski definition) is 1. The first-order chi connectivity index (χ1) is 8.54. The first-order valence-corrected chi connectivity index (χ1v) is 5.84. The minimum atomic E-state index is -0.951. The van der Waals surface area contributed by atoms with E-state index in [-0.39, 0.29) is 12.2 Å². The van der Waals surface area contributed by atoms with Crippen molar-refractivity contribution in [3.8, 4) is 12.3 Å². The van der Waals surface area contributed by atoms with Crippen LogP contribution in [0.5, 0.6) is 0 Å². The zero-order valence-corrected chi connectivity index (χ0v) is 10.5. The molecule has 1 aromatic carbocycles. The van der Waals surface area contributed by atoms with Crippen molar-refractivity contribution in [2.75, 3.05) is 0 Å². The van der Waals surface area contributed by atoms with Gasteiger partial charge in [-0.1, -0.05) is 25.8 Å². The highest BCUT2D eigenvalue weighted by atomic mass is 16.4. The van der Waals surface area contributed by atoms with E-state index in [1.807, 2.05) is 18.2 Å². The highest BCUT2D eigenvalue weighted by molar-refractivity contribution is 5.95. The van der Waals surface area contributed by atoms with Crippen LogP contribution < -0.4 is 0 Å². The lowest BCUT2D eigenvalue weighted by molar-refractivity contribution is 0.0686. The summed E-state index contributed by atoms with van der Waals surface area (Å²) >= 11 is 0. The Morgan fingerprint density at radius 1 is 1.44 bits per heavy atom. The fourth-order valence-electron chi connectivity index (χ4n) is 2.09. The van der Waals surface area contributed by atoms with Gasteiger partial charge in [-0.15, -0.1) is 6.42 Å². The SMILES string of the molecule is C#CCn1c(C(=O)O)cc2cc(C(C)C)ccc21. The summed E-state index contributed by atoms with van der Waals surface area (Å²) < 4.78 is 1.65. The van der Waals surface area contributed by atoms with E-state index < -0.39 is 5.97 Å². The summed E-state index contributed by atoms with van der Waals surface area (Å²) in [6.45, 7) is 4.49.